The van der Waals surface area contributed by atoms with E-state index in [4.69, 9.17) is 16.3 Å². The molecule has 2 N–H and O–H groups in total. The molecule has 0 aromatic heterocycles. The Balaban J connectivity index is 1.60. The Hall–Kier alpha value is -1.33. The summed E-state index contributed by atoms with van der Waals surface area (Å²) in [7, 11) is 1.72. The third kappa shape index (κ3) is 6.20. The first-order valence-electron chi connectivity index (χ1n) is 7.65. The third-order valence-corrected chi connectivity index (χ3v) is 3.77. The summed E-state index contributed by atoms with van der Waals surface area (Å²) in [5, 5.41) is 6.52. The van der Waals surface area contributed by atoms with Crippen LogP contribution in [0.25, 0.3) is 0 Å². The van der Waals surface area contributed by atoms with Gasteiger partial charge in [0, 0.05) is 33.4 Å². The summed E-state index contributed by atoms with van der Waals surface area (Å²) in [5.74, 6) is 1.12. The van der Waals surface area contributed by atoms with Gasteiger partial charge in [-0.15, -0.1) is 0 Å². The molecular weight excluding hydrogens is 305 g/mol. The average molecular weight is 328 g/mol. The minimum atomic E-state index is -0.404. The van der Waals surface area contributed by atoms with Crippen molar-refractivity contribution in [2.75, 3.05) is 26.8 Å². The maximum atomic E-state index is 13.1. The molecule has 0 bridgehead atoms. The minimum absolute atomic E-state index is 0.134. The van der Waals surface area contributed by atoms with Gasteiger partial charge in [-0.1, -0.05) is 17.7 Å². The molecule has 122 valence electrons. The smallest absolute Gasteiger partial charge is 0.191 e. The summed E-state index contributed by atoms with van der Waals surface area (Å²) in [5.41, 5.74) is 0.905. The van der Waals surface area contributed by atoms with Gasteiger partial charge in [0.1, 0.15) is 5.82 Å². The highest BCUT2D eigenvalue weighted by Crippen LogP contribution is 2.28. The predicted octanol–water partition coefficient (Wildman–Crippen LogP) is 2.96. The number of benzene rings is 1. The van der Waals surface area contributed by atoms with E-state index in [2.05, 4.69) is 15.6 Å². The largest absolute Gasteiger partial charge is 0.381 e. The molecule has 0 saturated heterocycles. The van der Waals surface area contributed by atoms with Crippen LogP contribution < -0.4 is 10.6 Å². The molecule has 0 amide bonds. The Morgan fingerprint density at radius 1 is 1.41 bits per heavy atom. The lowest BCUT2D eigenvalue weighted by Crippen LogP contribution is -2.37. The standard InChI is InChI=1S/C16H23ClFN3O/c1-19-16(20-7-2-8-22-11-12-3-4-12)21-10-13-5-6-15(18)14(17)9-13/h5-6,9,12H,2-4,7-8,10-11H2,1H3,(H2,19,20,21). The molecule has 0 radical (unpaired) electrons. The molecule has 0 unspecified atom stereocenters. The molecule has 6 heteroatoms. The van der Waals surface area contributed by atoms with Crippen molar-refractivity contribution in [3.63, 3.8) is 0 Å². The van der Waals surface area contributed by atoms with Gasteiger partial charge in [-0.3, -0.25) is 4.99 Å². The van der Waals surface area contributed by atoms with Gasteiger partial charge in [0.2, 0.25) is 0 Å². The van der Waals surface area contributed by atoms with E-state index in [0.29, 0.717) is 12.5 Å². The van der Waals surface area contributed by atoms with E-state index in [1.54, 1.807) is 19.2 Å². The van der Waals surface area contributed by atoms with Crippen molar-refractivity contribution in [2.24, 2.45) is 10.9 Å². The number of guanidine groups is 1. The summed E-state index contributed by atoms with van der Waals surface area (Å²) in [6.45, 7) is 3.01. The molecule has 1 aliphatic carbocycles. The lowest BCUT2D eigenvalue weighted by atomic mass is 10.2. The zero-order valence-electron chi connectivity index (χ0n) is 12.9. The molecule has 0 heterocycles. The molecule has 1 saturated carbocycles. The van der Waals surface area contributed by atoms with Crippen molar-refractivity contribution >= 4 is 17.6 Å². The molecule has 0 spiro atoms. The highest BCUT2D eigenvalue weighted by molar-refractivity contribution is 6.30. The highest BCUT2D eigenvalue weighted by Gasteiger charge is 2.20. The van der Waals surface area contributed by atoms with Crippen LogP contribution in [0.1, 0.15) is 24.8 Å². The number of nitrogens with one attached hydrogen (secondary N) is 2. The third-order valence-electron chi connectivity index (χ3n) is 3.48. The molecule has 0 aliphatic heterocycles. The number of hydrogen-bond acceptors (Lipinski definition) is 2. The Kier molecular flexibility index (Phi) is 6.93. The van der Waals surface area contributed by atoms with Gasteiger partial charge >= 0.3 is 0 Å². The second kappa shape index (κ2) is 8.96. The molecule has 22 heavy (non-hydrogen) atoms. The normalized spacial score (nSPS) is 15.0. The monoisotopic (exact) mass is 327 g/mol. The van der Waals surface area contributed by atoms with E-state index in [9.17, 15) is 4.39 Å². The van der Waals surface area contributed by atoms with Gasteiger partial charge in [0.15, 0.2) is 5.96 Å². The first-order valence-corrected chi connectivity index (χ1v) is 8.03. The molecule has 0 atom stereocenters. The highest BCUT2D eigenvalue weighted by atomic mass is 35.5. The summed E-state index contributed by atoms with van der Waals surface area (Å²) >= 11 is 5.76. The van der Waals surface area contributed by atoms with Gasteiger partial charge in [0.25, 0.3) is 0 Å². The van der Waals surface area contributed by atoms with Gasteiger partial charge in [-0.2, -0.15) is 0 Å². The summed E-state index contributed by atoms with van der Waals surface area (Å²) in [6, 6.07) is 4.68. The maximum Gasteiger partial charge on any atom is 0.191 e. The number of halogens is 2. The van der Waals surface area contributed by atoms with E-state index < -0.39 is 5.82 Å². The van der Waals surface area contributed by atoms with Crippen LogP contribution in [-0.4, -0.2) is 32.8 Å². The van der Waals surface area contributed by atoms with Crippen molar-refractivity contribution in [1.29, 1.82) is 0 Å². The summed E-state index contributed by atoms with van der Waals surface area (Å²) in [6.07, 6.45) is 3.58. The van der Waals surface area contributed by atoms with Gasteiger partial charge in [-0.05, 0) is 42.9 Å². The van der Waals surface area contributed by atoms with Crippen molar-refractivity contribution < 1.29 is 9.13 Å². The lowest BCUT2D eigenvalue weighted by Gasteiger charge is -2.12. The van der Waals surface area contributed by atoms with Crippen molar-refractivity contribution in [1.82, 2.24) is 10.6 Å². The van der Waals surface area contributed by atoms with Crippen molar-refractivity contribution in [2.45, 2.75) is 25.8 Å². The van der Waals surface area contributed by atoms with Crippen LogP contribution in [0.15, 0.2) is 23.2 Å². The average Bonchev–Trinajstić information content (AvgIpc) is 3.33. The Labute approximate surface area is 136 Å². The fourth-order valence-electron chi connectivity index (χ4n) is 1.97. The van der Waals surface area contributed by atoms with E-state index in [1.165, 1.54) is 18.9 Å². The number of nitrogens with zero attached hydrogens (tertiary/aromatic N) is 1. The Morgan fingerprint density at radius 2 is 2.23 bits per heavy atom. The Morgan fingerprint density at radius 3 is 2.91 bits per heavy atom. The van der Waals surface area contributed by atoms with Crippen LogP contribution >= 0.6 is 11.6 Å². The fraction of sp³-hybridized carbons (Fsp3) is 0.562. The second-order valence-corrected chi connectivity index (χ2v) is 5.88. The molecule has 4 nitrogen and oxygen atoms in total. The lowest BCUT2D eigenvalue weighted by molar-refractivity contribution is 0.123. The van der Waals surface area contributed by atoms with Crippen LogP contribution in [0.5, 0.6) is 0 Å². The number of rotatable bonds is 8. The van der Waals surface area contributed by atoms with Crippen LogP contribution in [0.3, 0.4) is 0 Å². The van der Waals surface area contributed by atoms with Crippen LogP contribution in [0.4, 0.5) is 4.39 Å². The minimum Gasteiger partial charge on any atom is -0.381 e. The van der Waals surface area contributed by atoms with E-state index >= 15 is 0 Å². The zero-order valence-corrected chi connectivity index (χ0v) is 13.6. The molecule has 2 rings (SSSR count). The fourth-order valence-corrected chi connectivity index (χ4v) is 2.17. The van der Waals surface area contributed by atoms with E-state index in [0.717, 1.165) is 37.7 Å². The molecule has 1 aromatic carbocycles. The quantitative estimate of drug-likeness (QED) is 0.438. The molecule has 1 aliphatic rings. The molecule has 1 fully saturated rings. The van der Waals surface area contributed by atoms with Gasteiger partial charge < -0.3 is 15.4 Å². The van der Waals surface area contributed by atoms with Crippen molar-refractivity contribution in [3.8, 4) is 0 Å². The molecular formula is C16H23ClFN3O. The van der Waals surface area contributed by atoms with E-state index in [-0.39, 0.29) is 5.02 Å². The van der Waals surface area contributed by atoms with Crippen LogP contribution in [-0.2, 0) is 11.3 Å². The maximum absolute atomic E-state index is 13.1. The summed E-state index contributed by atoms with van der Waals surface area (Å²) in [4.78, 5) is 4.15. The predicted molar refractivity (Wildman–Crippen MR) is 87.8 cm³/mol. The van der Waals surface area contributed by atoms with Crippen LogP contribution in [0, 0.1) is 11.7 Å². The SMILES string of the molecule is CN=C(NCCCOCC1CC1)NCc1ccc(F)c(Cl)c1. The topological polar surface area (TPSA) is 45.7 Å². The first kappa shape index (κ1) is 17.0. The van der Waals surface area contributed by atoms with Crippen molar-refractivity contribution in [3.05, 3.63) is 34.6 Å². The zero-order chi connectivity index (χ0) is 15.8. The van der Waals surface area contributed by atoms with Crippen LogP contribution in [0.2, 0.25) is 5.02 Å². The second-order valence-electron chi connectivity index (χ2n) is 5.47. The van der Waals surface area contributed by atoms with Gasteiger partial charge in [-0.25, -0.2) is 4.39 Å². The Bertz CT molecular complexity index is 506. The number of ether oxygens (including phenoxy) is 1. The first-order chi connectivity index (χ1) is 10.7. The van der Waals surface area contributed by atoms with Gasteiger partial charge in [0.05, 0.1) is 5.02 Å². The number of hydrogen-bond donors (Lipinski definition) is 2. The number of aliphatic imine (C=N–C) groups is 1. The summed E-state index contributed by atoms with van der Waals surface area (Å²) < 4.78 is 18.7. The molecule has 1 aromatic rings. The van der Waals surface area contributed by atoms with E-state index in [1.807, 2.05) is 0 Å².